The van der Waals surface area contributed by atoms with Crippen LogP contribution in [0.4, 0.5) is 15.8 Å². The third kappa shape index (κ3) is 4.17. The quantitative estimate of drug-likeness (QED) is 0.469. The molecule has 0 bridgehead atoms. The summed E-state index contributed by atoms with van der Waals surface area (Å²) in [6.07, 6.45) is 0. The molecule has 0 spiro atoms. The molecule has 4 rings (SSSR count). The standard InChI is InChI=1S/C18H15BrFN3O4S2/c19-12-3-6-16(14(20)7-12)22-17-10-29(26,27)9-15(17)21-18(22)28-8-11-1-4-13(5-2-11)23(24)25/h1-7,15,17H,8-10H2. The second-order valence-electron chi connectivity index (χ2n) is 6.80. The van der Waals surface area contributed by atoms with E-state index in [2.05, 4.69) is 20.9 Å². The van der Waals surface area contributed by atoms with Crippen LogP contribution in [0.2, 0.25) is 0 Å². The minimum absolute atomic E-state index is 0.00950. The number of amidine groups is 1. The van der Waals surface area contributed by atoms with Crippen LogP contribution in [0.25, 0.3) is 0 Å². The number of benzene rings is 2. The third-order valence-corrected chi connectivity index (χ3v) is 8.02. The number of hydrogen-bond donors (Lipinski definition) is 0. The molecule has 0 saturated carbocycles. The van der Waals surface area contributed by atoms with Gasteiger partial charge in [0.15, 0.2) is 15.0 Å². The fourth-order valence-electron chi connectivity index (χ4n) is 3.45. The summed E-state index contributed by atoms with van der Waals surface area (Å²) in [5, 5.41) is 11.3. The van der Waals surface area contributed by atoms with Crippen molar-refractivity contribution in [2.45, 2.75) is 17.8 Å². The SMILES string of the molecule is O=[N+]([O-])c1ccc(CSC2=NC3CS(=O)(=O)CC3N2c2ccc(Br)cc2F)cc1. The van der Waals surface area contributed by atoms with Crippen molar-refractivity contribution in [1.29, 1.82) is 0 Å². The van der Waals surface area contributed by atoms with Crippen molar-refractivity contribution in [3.05, 3.63) is 68.4 Å². The first-order valence-corrected chi connectivity index (χ1v) is 12.2. The summed E-state index contributed by atoms with van der Waals surface area (Å²) >= 11 is 4.59. The average Bonchev–Trinajstić information content (AvgIpc) is 3.12. The zero-order chi connectivity index (χ0) is 20.8. The van der Waals surface area contributed by atoms with Crippen molar-refractivity contribution in [3.63, 3.8) is 0 Å². The van der Waals surface area contributed by atoms with Gasteiger partial charge in [-0.1, -0.05) is 39.8 Å². The van der Waals surface area contributed by atoms with E-state index in [0.29, 0.717) is 15.4 Å². The molecule has 29 heavy (non-hydrogen) atoms. The van der Waals surface area contributed by atoms with Crippen LogP contribution in [0.5, 0.6) is 0 Å². The van der Waals surface area contributed by atoms with E-state index in [-0.39, 0.29) is 22.9 Å². The Morgan fingerprint density at radius 1 is 1.24 bits per heavy atom. The molecule has 2 aliphatic rings. The lowest BCUT2D eigenvalue weighted by molar-refractivity contribution is -0.384. The number of nitro groups is 1. The van der Waals surface area contributed by atoms with Gasteiger partial charge >= 0.3 is 0 Å². The normalized spacial score (nSPS) is 22.4. The number of halogens is 2. The second-order valence-corrected chi connectivity index (χ2v) is 10.8. The molecule has 2 aliphatic heterocycles. The van der Waals surface area contributed by atoms with Crippen molar-refractivity contribution in [2.75, 3.05) is 16.4 Å². The Kier molecular flexibility index (Phi) is 5.38. The molecule has 1 fully saturated rings. The molecule has 2 aromatic carbocycles. The molecule has 152 valence electrons. The van der Waals surface area contributed by atoms with Gasteiger partial charge in [0.2, 0.25) is 0 Å². The molecule has 0 N–H and O–H groups in total. The lowest BCUT2D eigenvalue weighted by Gasteiger charge is -2.27. The molecule has 7 nitrogen and oxygen atoms in total. The van der Waals surface area contributed by atoms with Crippen LogP contribution in [0.15, 0.2) is 51.9 Å². The number of nitro benzene ring substituents is 1. The fraction of sp³-hybridized carbons (Fsp3) is 0.278. The fourth-order valence-corrected chi connectivity index (χ4v) is 6.70. The topological polar surface area (TPSA) is 92.9 Å². The lowest BCUT2D eigenvalue weighted by atomic mass is 10.1. The Morgan fingerprint density at radius 2 is 1.97 bits per heavy atom. The largest absolute Gasteiger partial charge is 0.312 e. The summed E-state index contributed by atoms with van der Waals surface area (Å²) in [4.78, 5) is 16.6. The Morgan fingerprint density at radius 3 is 2.62 bits per heavy atom. The number of fused-ring (bicyclic) bond motifs is 1. The number of anilines is 1. The zero-order valence-corrected chi connectivity index (χ0v) is 18.1. The van der Waals surface area contributed by atoms with E-state index in [1.165, 1.54) is 30.0 Å². The van der Waals surface area contributed by atoms with Gasteiger partial charge in [0.05, 0.1) is 34.2 Å². The minimum atomic E-state index is -3.22. The van der Waals surface area contributed by atoms with Crippen molar-refractivity contribution in [2.24, 2.45) is 4.99 Å². The predicted molar refractivity (Wildman–Crippen MR) is 115 cm³/mol. The minimum Gasteiger partial charge on any atom is -0.312 e. The first-order chi connectivity index (χ1) is 13.7. The Hall–Kier alpha value is -1.98. The Bertz CT molecular complexity index is 1110. The molecule has 2 unspecified atom stereocenters. The Balaban J connectivity index is 1.60. The predicted octanol–water partition coefficient (Wildman–Crippen LogP) is 3.77. The van der Waals surface area contributed by atoms with Crippen LogP contribution < -0.4 is 4.90 Å². The summed E-state index contributed by atoms with van der Waals surface area (Å²) in [6.45, 7) is 0. The highest BCUT2D eigenvalue weighted by Crippen LogP contribution is 2.37. The number of aliphatic imine (C=N–C) groups is 1. The first kappa shape index (κ1) is 20.3. The van der Waals surface area contributed by atoms with Gasteiger partial charge in [0.1, 0.15) is 5.82 Å². The van der Waals surface area contributed by atoms with Gasteiger partial charge in [0.25, 0.3) is 5.69 Å². The second kappa shape index (κ2) is 7.69. The highest BCUT2D eigenvalue weighted by molar-refractivity contribution is 9.10. The maximum atomic E-state index is 14.7. The van der Waals surface area contributed by atoms with E-state index in [9.17, 15) is 22.9 Å². The van der Waals surface area contributed by atoms with E-state index in [0.717, 1.165) is 5.56 Å². The van der Waals surface area contributed by atoms with Gasteiger partial charge in [0, 0.05) is 22.4 Å². The van der Waals surface area contributed by atoms with E-state index < -0.39 is 32.7 Å². The van der Waals surface area contributed by atoms with Crippen molar-refractivity contribution < 1.29 is 17.7 Å². The molecular formula is C18H15BrFN3O4S2. The number of sulfone groups is 1. The maximum absolute atomic E-state index is 14.7. The van der Waals surface area contributed by atoms with E-state index in [4.69, 9.17) is 0 Å². The summed E-state index contributed by atoms with van der Waals surface area (Å²) in [7, 11) is -3.22. The van der Waals surface area contributed by atoms with Crippen LogP contribution in [0.3, 0.4) is 0 Å². The number of nitrogens with zero attached hydrogens (tertiary/aromatic N) is 3. The van der Waals surface area contributed by atoms with Crippen molar-refractivity contribution >= 4 is 54.1 Å². The van der Waals surface area contributed by atoms with E-state index in [1.807, 2.05) is 0 Å². The highest BCUT2D eigenvalue weighted by atomic mass is 79.9. The maximum Gasteiger partial charge on any atom is 0.269 e. The molecule has 0 aliphatic carbocycles. The number of rotatable bonds is 4. The molecule has 2 heterocycles. The highest BCUT2D eigenvalue weighted by Gasteiger charge is 2.47. The van der Waals surface area contributed by atoms with Gasteiger partial charge in [-0.25, -0.2) is 12.8 Å². The van der Waals surface area contributed by atoms with Crippen LogP contribution in [0, 0.1) is 15.9 Å². The third-order valence-electron chi connectivity index (χ3n) is 4.79. The molecule has 0 radical (unpaired) electrons. The van der Waals surface area contributed by atoms with Crippen LogP contribution >= 0.6 is 27.7 Å². The number of thioether (sulfide) groups is 1. The summed E-state index contributed by atoms with van der Waals surface area (Å²) in [6, 6.07) is 9.97. The summed E-state index contributed by atoms with van der Waals surface area (Å²) < 4.78 is 39.4. The summed E-state index contributed by atoms with van der Waals surface area (Å²) in [5.41, 5.74) is 1.15. The van der Waals surface area contributed by atoms with Gasteiger partial charge < -0.3 is 4.90 Å². The monoisotopic (exact) mass is 499 g/mol. The molecule has 0 amide bonds. The van der Waals surface area contributed by atoms with Gasteiger partial charge in [-0.05, 0) is 23.8 Å². The van der Waals surface area contributed by atoms with Crippen LogP contribution in [-0.4, -0.2) is 42.1 Å². The molecule has 0 aromatic heterocycles. The Labute approximate surface area is 179 Å². The lowest BCUT2D eigenvalue weighted by Crippen LogP contribution is -2.39. The molecule has 2 atom stereocenters. The summed E-state index contributed by atoms with van der Waals surface area (Å²) in [5.74, 6) is -0.114. The smallest absolute Gasteiger partial charge is 0.269 e. The molecule has 1 saturated heterocycles. The van der Waals surface area contributed by atoms with E-state index in [1.54, 1.807) is 29.2 Å². The van der Waals surface area contributed by atoms with Crippen molar-refractivity contribution in [3.8, 4) is 0 Å². The van der Waals surface area contributed by atoms with Gasteiger partial charge in [-0.3, -0.25) is 15.1 Å². The van der Waals surface area contributed by atoms with E-state index >= 15 is 0 Å². The van der Waals surface area contributed by atoms with Crippen LogP contribution in [-0.2, 0) is 15.6 Å². The zero-order valence-electron chi connectivity index (χ0n) is 14.9. The average molecular weight is 500 g/mol. The van der Waals surface area contributed by atoms with Gasteiger partial charge in [-0.15, -0.1) is 0 Å². The van der Waals surface area contributed by atoms with Crippen molar-refractivity contribution in [1.82, 2.24) is 0 Å². The molecular weight excluding hydrogens is 485 g/mol. The first-order valence-electron chi connectivity index (χ1n) is 8.62. The number of non-ortho nitro benzene ring substituents is 1. The molecule has 11 heteroatoms. The molecule has 2 aromatic rings. The van der Waals surface area contributed by atoms with Crippen LogP contribution in [0.1, 0.15) is 5.56 Å². The van der Waals surface area contributed by atoms with Gasteiger partial charge in [-0.2, -0.15) is 0 Å². The number of hydrogen-bond acceptors (Lipinski definition) is 7.